The molecule has 0 fully saturated rings. The van der Waals surface area contributed by atoms with Crippen molar-refractivity contribution in [3.8, 4) is 0 Å². The summed E-state index contributed by atoms with van der Waals surface area (Å²) in [6.45, 7) is 3.96. The highest BCUT2D eigenvalue weighted by molar-refractivity contribution is 7.47. The van der Waals surface area contributed by atoms with Crippen LogP contribution in [0.25, 0.3) is 0 Å². The Morgan fingerprint density at radius 1 is 0.586 bits per heavy atom. The molecule has 0 bridgehead atoms. The van der Waals surface area contributed by atoms with Crippen molar-refractivity contribution < 1.29 is 33.5 Å². The molecular weight excluding hydrogens is 748 g/mol. The van der Waals surface area contributed by atoms with Gasteiger partial charge < -0.3 is 26.2 Å². The molecule has 0 heterocycles. The molecule has 0 aliphatic heterocycles. The van der Waals surface area contributed by atoms with Crippen LogP contribution in [0.15, 0.2) is 36.5 Å². The summed E-state index contributed by atoms with van der Waals surface area (Å²) in [6, 6.07) is -1.00. The lowest BCUT2D eigenvalue weighted by Crippen LogP contribution is -2.46. The van der Waals surface area contributed by atoms with Crippen LogP contribution >= 0.6 is 7.82 Å². The van der Waals surface area contributed by atoms with Crippen LogP contribution in [0, 0.1) is 0 Å². The maximum atomic E-state index is 12.8. The van der Waals surface area contributed by atoms with Crippen LogP contribution in [0.1, 0.15) is 226 Å². The first-order valence-corrected chi connectivity index (χ1v) is 25.7. The smallest absolute Gasteiger partial charge is 0.393 e. The molecule has 0 aromatic rings. The molecule has 0 aliphatic carbocycles. The number of phosphoric ester groups is 1. The Labute approximate surface area is 357 Å². The number of aliphatic hydroxyl groups is 2. The van der Waals surface area contributed by atoms with E-state index in [0.29, 0.717) is 12.8 Å². The Morgan fingerprint density at radius 2 is 0.983 bits per heavy atom. The molecule has 0 aromatic carbocycles. The number of unbranched alkanes of at least 4 members (excludes halogenated alkanes) is 27. The van der Waals surface area contributed by atoms with Gasteiger partial charge in [0.15, 0.2) is 0 Å². The second-order valence-electron chi connectivity index (χ2n) is 16.5. The molecule has 6 N–H and O–H groups in total. The SMILES string of the molecule is CCCCCCCCCCCC/C=C/CC/C=C/C(O)C(COP(=O)(O)OCCN)NC(=O)CC(O)CCCCCCC/C=C\CCCCCCCCCCCCC. The third-order valence-corrected chi connectivity index (χ3v) is 11.7. The van der Waals surface area contributed by atoms with Gasteiger partial charge in [0.25, 0.3) is 0 Å². The Kier molecular flexibility index (Phi) is 42.8. The zero-order valence-electron chi connectivity index (χ0n) is 37.7. The summed E-state index contributed by atoms with van der Waals surface area (Å²) in [5.74, 6) is -0.459. The van der Waals surface area contributed by atoms with E-state index in [1.165, 1.54) is 148 Å². The number of amides is 1. The lowest BCUT2D eigenvalue weighted by molar-refractivity contribution is -0.124. The molecule has 0 aromatic heterocycles. The van der Waals surface area contributed by atoms with Gasteiger partial charge in [-0.15, -0.1) is 0 Å². The van der Waals surface area contributed by atoms with E-state index in [2.05, 4.69) is 43.5 Å². The number of hydrogen-bond donors (Lipinski definition) is 5. The summed E-state index contributed by atoms with van der Waals surface area (Å²) in [5.41, 5.74) is 5.37. The van der Waals surface area contributed by atoms with Gasteiger partial charge in [-0.3, -0.25) is 13.8 Å². The number of allylic oxidation sites excluding steroid dienone is 5. The topological polar surface area (TPSA) is 151 Å². The van der Waals surface area contributed by atoms with Crippen molar-refractivity contribution in [2.24, 2.45) is 5.73 Å². The summed E-state index contributed by atoms with van der Waals surface area (Å²) >= 11 is 0. The highest BCUT2D eigenvalue weighted by Crippen LogP contribution is 2.43. The molecule has 58 heavy (non-hydrogen) atoms. The standard InChI is InChI=1S/C48H93N2O7P/c1-3-5-7-9-11-13-15-17-19-21-22-23-24-25-27-29-31-33-35-37-39-45(51)43-48(53)50-46(44-57-58(54,55)56-42-41-49)47(52)40-38-36-34-32-30-28-26-20-18-16-14-12-10-8-6-4-2/h24-25,30,32,38,40,45-47,51-52H,3-23,26-29,31,33-37,39,41-44,49H2,1-2H3,(H,50,53)(H,54,55)/b25-24-,32-30+,40-38+. The predicted molar refractivity (Wildman–Crippen MR) is 246 cm³/mol. The van der Waals surface area contributed by atoms with Crippen molar-refractivity contribution in [2.45, 2.75) is 244 Å². The number of aliphatic hydroxyl groups excluding tert-OH is 2. The van der Waals surface area contributed by atoms with E-state index in [1.807, 2.05) is 6.08 Å². The van der Waals surface area contributed by atoms with Crippen molar-refractivity contribution in [3.63, 3.8) is 0 Å². The minimum atomic E-state index is -4.41. The molecule has 4 atom stereocenters. The second-order valence-corrected chi connectivity index (χ2v) is 18.0. The number of phosphoric acid groups is 1. The van der Waals surface area contributed by atoms with Crippen LogP contribution in [-0.4, -0.2) is 59.0 Å². The van der Waals surface area contributed by atoms with Crippen molar-refractivity contribution in [2.75, 3.05) is 19.8 Å². The molecular formula is C48H93N2O7P. The van der Waals surface area contributed by atoms with E-state index in [9.17, 15) is 24.5 Å². The van der Waals surface area contributed by atoms with Gasteiger partial charge in [0.05, 0.1) is 37.9 Å². The van der Waals surface area contributed by atoms with Crippen molar-refractivity contribution in [1.82, 2.24) is 5.32 Å². The average molecular weight is 841 g/mol. The van der Waals surface area contributed by atoms with Gasteiger partial charge in [-0.2, -0.15) is 0 Å². The Balaban J connectivity index is 4.27. The highest BCUT2D eigenvalue weighted by atomic mass is 31.2. The quantitative estimate of drug-likeness (QED) is 0.0231. The van der Waals surface area contributed by atoms with E-state index in [4.69, 9.17) is 14.8 Å². The highest BCUT2D eigenvalue weighted by Gasteiger charge is 2.27. The van der Waals surface area contributed by atoms with Crippen LogP contribution in [0.5, 0.6) is 0 Å². The Morgan fingerprint density at radius 3 is 1.43 bits per heavy atom. The van der Waals surface area contributed by atoms with Gasteiger partial charge in [0.1, 0.15) is 0 Å². The number of hydrogen-bond acceptors (Lipinski definition) is 7. The first-order valence-electron chi connectivity index (χ1n) is 24.2. The van der Waals surface area contributed by atoms with Crippen LogP contribution in [0.4, 0.5) is 0 Å². The first kappa shape index (κ1) is 56.7. The third-order valence-electron chi connectivity index (χ3n) is 10.7. The summed E-state index contributed by atoms with van der Waals surface area (Å²) in [4.78, 5) is 22.8. The molecule has 4 unspecified atom stereocenters. The molecule has 0 spiro atoms. The van der Waals surface area contributed by atoms with E-state index in [-0.39, 0.29) is 19.6 Å². The Hall–Kier alpha value is -1.32. The maximum Gasteiger partial charge on any atom is 0.472 e. The summed E-state index contributed by atoms with van der Waals surface area (Å²) in [6.07, 6.45) is 49.5. The molecule has 0 saturated carbocycles. The van der Waals surface area contributed by atoms with E-state index in [0.717, 1.165) is 44.9 Å². The van der Waals surface area contributed by atoms with Gasteiger partial charge in [-0.05, 0) is 57.8 Å². The number of rotatable bonds is 45. The van der Waals surface area contributed by atoms with Crippen LogP contribution in [-0.2, 0) is 18.4 Å². The van der Waals surface area contributed by atoms with Crippen molar-refractivity contribution >= 4 is 13.7 Å². The van der Waals surface area contributed by atoms with Gasteiger partial charge in [0.2, 0.25) is 5.91 Å². The second kappa shape index (κ2) is 43.8. The molecule has 0 saturated heterocycles. The van der Waals surface area contributed by atoms with E-state index in [1.54, 1.807) is 6.08 Å². The number of nitrogens with one attached hydrogen (secondary N) is 1. The van der Waals surface area contributed by atoms with Crippen molar-refractivity contribution in [3.05, 3.63) is 36.5 Å². The van der Waals surface area contributed by atoms with Crippen molar-refractivity contribution in [1.29, 1.82) is 0 Å². The third kappa shape index (κ3) is 41.4. The van der Waals surface area contributed by atoms with Gasteiger partial charge in [-0.1, -0.05) is 198 Å². The normalized spacial score (nSPS) is 14.8. The molecule has 342 valence electrons. The van der Waals surface area contributed by atoms with Crippen LogP contribution in [0.3, 0.4) is 0 Å². The summed E-state index contributed by atoms with van der Waals surface area (Å²) in [5, 5.41) is 24.1. The zero-order valence-corrected chi connectivity index (χ0v) is 38.5. The Bertz CT molecular complexity index is 1020. The molecule has 0 radical (unpaired) electrons. The minimum absolute atomic E-state index is 0.0436. The van der Waals surface area contributed by atoms with Gasteiger partial charge in [0, 0.05) is 6.54 Å². The number of carbonyl (C=O) groups excluding carboxylic acids is 1. The fourth-order valence-electron chi connectivity index (χ4n) is 7.07. The summed E-state index contributed by atoms with van der Waals surface area (Å²) in [7, 11) is -4.41. The first-order chi connectivity index (χ1) is 28.3. The van der Waals surface area contributed by atoms with Gasteiger partial charge >= 0.3 is 7.82 Å². The fourth-order valence-corrected chi connectivity index (χ4v) is 7.83. The number of nitrogens with two attached hydrogens (primary N) is 1. The minimum Gasteiger partial charge on any atom is -0.393 e. The van der Waals surface area contributed by atoms with Crippen LogP contribution < -0.4 is 11.1 Å². The van der Waals surface area contributed by atoms with E-state index < -0.39 is 38.6 Å². The van der Waals surface area contributed by atoms with E-state index >= 15 is 0 Å². The molecule has 10 heteroatoms. The maximum absolute atomic E-state index is 12.8. The zero-order chi connectivity index (χ0) is 42.6. The predicted octanol–water partition coefficient (Wildman–Crippen LogP) is 12.9. The lowest BCUT2D eigenvalue weighted by atomic mass is 10.0. The molecule has 0 aliphatic rings. The largest absolute Gasteiger partial charge is 0.472 e. The van der Waals surface area contributed by atoms with Crippen LogP contribution in [0.2, 0.25) is 0 Å². The molecule has 1 amide bonds. The average Bonchev–Trinajstić information content (AvgIpc) is 3.20. The monoisotopic (exact) mass is 841 g/mol. The molecule has 9 nitrogen and oxygen atoms in total. The van der Waals surface area contributed by atoms with Gasteiger partial charge in [-0.25, -0.2) is 4.57 Å². The fraction of sp³-hybridized carbons (Fsp3) is 0.854. The number of carbonyl (C=O) groups is 1. The summed E-state index contributed by atoms with van der Waals surface area (Å²) < 4.78 is 22.1. The lowest BCUT2D eigenvalue weighted by Gasteiger charge is -2.24. The molecule has 0 rings (SSSR count).